The second-order valence-electron chi connectivity index (χ2n) is 8.40. The first-order valence-electron chi connectivity index (χ1n) is 11.0. The molecule has 0 spiro atoms. The summed E-state index contributed by atoms with van der Waals surface area (Å²) >= 11 is 4.88. The van der Waals surface area contributed by atoms with Crippen LogP contribution in [-0.4, -0.2) is 0 Å². The Hall–Kier alpha value is -3.25. The summed E-state index contributed by atoms with van der Waals surface area (Å²) in [7, 11) is 0. The van der Waals surface area contributed by atoms with Gasteiger partial charge in [-0.25, -0.2) is 0 Å². The molecule has 1 aliphatic rings. The molecule has 0 aliphatic carbocycles. The summed E-state index contributed by atoms with van der Waals surface area (Å²) in [6.45, 7) is 0. The molecule has 5 heteroatoms. The van der Waals surface area contributed by atoms with Crippen molar-refractivity contribution in [3.05, 3.63) is 128 Å². The summed E-state index contributed by atoms with van der Waals surface area (Å²) in [6.07, 6.45) is 0. The van der Waals surface area contributed by atoms with E-state index in [2.05, 4.69) is 30.3 Å². The number of rotatable bonds is 1. The maximum absolute atomic E-state index is 13.9. The fraction of sp³-hybridized carbons (Fsp3) is 0.0345. The lowest BCUT2D eigenvalue weighted by atomic mass is 9.85. The van der Waals surface area contributed by atoms with Crippen molar-refractivity contribution >= 4 is 65.4 Å². The molecule has 6 aromatic rings. The molecular weight excluding hydrogens is 477 g/mol. The lowest BCUT2D eigenvalue weighted by Crippen LogP contribution is -2.25. The molecular formula is C29H16O2S3. The van der Waals surface area contributed by atoms with Crippen molar-refractivity contribution in [1.82, 2.24) is 0 Å². The molecule has 0 atom stereocenters. The van der Waals surface area contributed by atoms with Gasteiger partial charge in [0.15, 0.2) is 10.9 Å². The Morgan fingerprint density at radius 2 is 1.09 bits per heavy atom. The monoisotopic (exact) mass is 492 g/mol. The van der Waals surface area contributed by atoms with Gasteiger partial charge in [-0.3, -0.25) is 9.59 Å². The van der Waals surface area contributed by atoms with Gasteiger partial charge >= 0.3 is 0 Å². The van der Waals surface area contributed by atoms with Crippen LogP contribution in [0.3, 0.4) is 0 Å². The lowest BCUT2D eigenvalue weighted by Gasteiger charge is -2.27. The van der Waals surface area contributed by atoms with E-state index in [0.717, 1.165) is 56.1 Å². The van der Waals surface area contributed by atoms with Gasteiger partial charge in [-0.05, 0) is 40.6 Å². The van der Waals surface area contributed by atoms with Crippen LogP contribution >= 0.6 is 34.4 Å². The number of hydrogen-bond donors (Lipinski definition) is 0. The van der Waals surface area contributed by atoms with Crippen LogP contribution in [0.4, 0.5) is 0 Å². The van der Waals surface area contributed by atoms with Crippen molar-refractivity contribution in [2.45, 2.75) is 14.3 Å². The predicted molar refractivity (Wildman–Crippen MR) is 145 cm³/mol. The van der Waals surface area contributed by atoms with Crippen LogP contribution < -0.4 is 10.9 Å². The Kier molecular flexibility index (Phi) is 4.53. The van der Waals surface area contributed by atoms with E-state index in [1.807, 2.05) is 60.7 Å². The molecule has 162 valence electrons. The van der Waals surface area contributed by atoms with Gasteiger partial charge in [-0.1, -0.05) is 78.5 Å². The molecule has 0 saturated carbocycles. The van der Waals surface area contributed by atoms with E-state index in [1.54, 1.807) is 34.4 Å². The summed E-state index contributed by atoms with van der Waals surface area (Å²) in [4.78, 5) is 27.8. The molecule has 7 rings (SSSR count). The van der Waals surface area contributed by atoms with E-state index in [1.165, 1.54) is 0 Å². The molecule has 0 saturated heterocycles. The van der Waals surface area contributed by atoms with Crippen LogP contribution in [0, 0.1) is 0 Å². The first-order chi connectivity index (χ1) is 16.7. The minimum absolute atomic E-state index is 0.0261. The Morgan fingerprint density at radius 1 is 0.559 bits per heavy atom. The molecule has 0 N–H and O–H groups in total. The van der Waals surface area contributed by atoms with Crippen molar-refractivity contribution in [2.24, 2.45) is 0 Å². The number of benzene rings is 4. The highest BCUT2D eigenvalue weighted by atomic mass is 32.2. The van der Waals surface area contributed by atoms with Gasteiger partial charge in [0.25, 0.3) is 0 Å². The fourth-order valence-electron chi connectivity index (χ4n) is 4.87. The van der Waals surface area contributed by atoms with Crippen LogP contribution in [0.25, 0.3) is 30.9 Å². The molecule has 2 nitrogen and oxygen atoms in total. The molecule has 0 unspecified atom stereocenters. The van der Waals surface area contributed by atoms with E-state index in [-0.39, 0.29) is 10.9 Å². The Morgan fingerprint density at radius 3 is 1.71 bits per heavy atom. The standard InChI is InChI=1S/C29H16O2S3/c30-26-19-9-3-5-11-21(19)32-28-24(26)23(18-14-13-16-7-1-2-8-17(16)15-18)25-27(31)20-10-4-6-12-22(20)33-29(25)34-28/h1-15,23H. The second kappa shape index (κ2) is 7.64. The van der Waals surface area contributed by atoms with Gasteiger partial charge in [0.05, 0.1) is 8.42 Å². The maximum Gasteiger partial charge on any atom is 0.193 e. The molecule has 0 radical (unpaired) electrons. The van der Waals surface area contributed by atoms with Crippen molar-refractivity contribution < 1.29 is 0 Å². The van der Waals surface area contributed by atoms with Gasteiger partial charge in [0.1, 0.15) is 0 Å². The molecule has 2 aromatic heterocycles. The quantitative estimate of drug-likeness (QED) is 0.236. The van der Waals surface area contributed by atoms with E-state index in [4.69, 9.17) is 0 Å². The molecule has 0 bridgehead atoms. The summed E-state index contributed by atoms with van der Waals surface area (Å²) in [5.41, 5.74) is 2.50. The SMILES string of the molecule is O=c1c2c(sc3ccccc13)Sc1sc3ccccc3c(=O)c1C2c1ccc2ccccc2c1. The third-order valence-electron chi connectivity index (χ3n) is 6.47. The topological polar surface area (TPSA) is 34.1 Å². The molecule has 3 heterocycles. The van der Waals surface area contributed by atoms with Crippen LogP contribution in [-0.2, 0) is 0 Å². The maximum atomic E-state index is 13.9. The zero-order valence-electron chi connectivity index (χ0n) is 17.8. The molecule has 0 fully saturated rings. The van der Waals surface area contributed by atoms with Gasteiger partial charge in [0, 0.05) is 37.2 Å². The Labute approximate surface area is 207 Å². The summed E-state index contributed by atoms with van der Waals surface area (Å²) < 4.78 is 3.93. The van der Waals surface area contributed by atoms with Crippen LogP contribution in [0.1, 0.15) is 22.6 Å². The van der Waals surface area contributed by atoms with E-state index in [0.29, 0.717) is 0 Å². The van der Waals surface area contributed by atoms with E-state index >= 15 is 0 Å². The van der Waals surface area contributed by atoms with Gasteiger partial charge in [0.2, 0.25) is 0 Å². The highest BCUT2D eigenvalue weighted by Crippen LogP contribution is 2.51. The fourth-order valence-corrected chi connectivity index (χ4v) is 9.09. The summed E-state index contributed by atoms with van der Waals surface area (Å²) in [5, 5.41) is 3.69. The first-order valence-corrected chi connectivity index (χ1v) is 13.4. The molecule has 1 aliphatic heterocycles. The molecule has 4 aromatic carbocycles. The Bertz CT molecular complexity index is 1800. The van der Waals surface area contributed by atoms with Crippen molar-refractivity contribution in [3.8, 4) is 0 Å². The largest absolute Gasteiger partial charge is 0.289 e. The lowest BCUT2D eigenvalue weighted by molar-refractivity contribution is 0.913. The minimum Gasteiger partial charge on any atom is -0.289 e. The van der Waals surface area contributed by atoms with Crippen LogP contribution in [0.15, 0.2) is 109 Å². The third kappa shape index (κ3) is 2.94. The predicted octanol–water partition coefficient (Wildman–Crippen LogP) is 7.63. The van der Waals surface area contributed by atoms with Crippen molar-refractivity contribution in [1.29, 1.82) is 0 Å². The highest BCUT2D eigenvalue weighted by Gasteiger charge is 2.34. The summed E-state index contributed by atoms with van der Waals surface area (Å²) in [5.74, 6) is -0.391. The first kappa shape index (κ1) is 20.2. The van der Waals surface area contributed by atoms with Crippen LogP contribution in [0.5, 0.6) is 0 Å². The van der Waals surface area contributed by atoms with Gasteiger partial charge < -0.3 is 0 Å². The van der Waals surface area contributed by atoms with Gasteiger partial charge in [-0.15, -0.1) is 22.7 Å². The van der Waals surface area contributed by atoms with Crippen molar-refractivity contribution in [2.75, 3.05) is 0 Å². The van der Waals surface area contributed by atoms with Crippen molar-refractivity contribution in [3.63, 3.8) is 0 Å². The number of fused-ring (bicyclic) bond motifs is 5. The zero-order valence-corrected chi connectivity index (χ0v) is 20.2. The zero-order chi connectivity index (χ0) is 22.8. The smallest absolute Gasteiger partial charge is 0.193 e. The second-order valence-corrected chi connectivity index (χ2v) is 12.0. The third-order valence-corrected chi connectivity index (χ3v) is 10.2. The molecule has 34 heavy (non-hydrogen) atoms. The van der Waals surface area contributed by atoms with E-state index < -0.39 is 5.92 Å². The highest BCUT2D eigenvalue weighted by molar-refractivity contribution is 8.03. The average molecular weight is 493 g/mol. The normalized spacial score (nSPS) is 13.3. The Balaban J connectivity index is 1.62. The summed E-state index contributed by atoms with van der Waals surface area (Å²) in [6, 6.07) is 30.1. The molecule has 0 amide bonds. The number of hydrogen-bond acceptors (Lipinski definition) is 5. The van der Waals surface area contributed by atoms with Crippen LogP contribution in [0.2, 0.25) is 0 Å². The van der Waals surface area contributed by atoms with E-state index in [9.17, 15) is 9.59 Å². The minimum atomic E-state index is -0.391. The van der Waals surface area contributed by atoms with Gasteiger partial charge in [-0.2, -0.15) is 0 Å². The average Bonchev–Trinajstić information content (AvgIpc) is 2.87.